The Morgan fingerprint density at radius 3 is 3.05 bits per heavy atom. The van der Waals surface area contributed by atoms with Crippen LogP contribution in [0.3, 0.4) is 0 Å². The van der Waals surface area contributed by atoms with E-state index in [0.29, 0.717) is 24.9 Å². The van der Waals surface area contributed by atoms with Crippen LogP contribution in [0.5, 0.6) is 0 Å². The summed E-state index contributed by atoms with van der Waals surface area (Å²) < 4.78 is 5.05. The number of carbonyl (C=O) groups is 1. The zero-order valence-electron chi connectivity index (χ0n) is 10.0. The number of aromatic nitrogens is 2. The Labute approximate surface area is 113 Å². The first kappa shape index (κ1) is 13.5. The SMILES string of the molecule is NNc1nc(NCCOCC(N)=O)c2ccsc2n1. The van der Waals surface area contributed by atoms with Crippen molar-refractivity contribution >= 4 is 39.2 Å². The predicted molar refractivity (Wildman–Crippen MR) is 73.7 cm³/mol. The monoisotopic (exact) mass is 282 g/mol. The topological polar surface area (TPSA) is 128 Å². The summed E-state index contributed by atoms with van der Waals surface area (Å²) in [5, 5.41) is 5.95. The predicted octanol–water partition coefficient (Wildman–Crippen LogP) is -0.109. The van der Waals surface area contributed by atoms with Gasteiger partial charge in [-0.05, 0) is 11.4 Å². The van der Waals surface area contributed by atoms with E-state index in [9.17, 15) is 4.79 Å². The van der Waals surface area contributed by atoms with Crippen LogP contribution < -0.4 is 22.3 Å². The van der Waals surface area contributed by atoms with E-state index in [1.54, 1.807) is 0 Å². The molecule has 0 aliphatic carbocycles. The Bertz CT molecular complexity index is 572. The fourth-order valence-corrected chi connectivity index (χ4v) is 2.23. The number of carbonyl (C=O) groups excluding carboxylic acids is 1. The summed E-state index contributed by atoms with van der Waals surface area (Å²) in [5.41, 5.74) is 7.38. The number of rotatable bonds is 7. The normalized spacial score (nSPS) is 10.6. The van der Waals surface area contributed by atoms with E-state index < -0.39 is 5.91 Å². The number of thiophene rings is 1. The number of nitrogens with one attached hydrogen (secondary N) is 2. The van der Waals surface area contributed by atoms with E-state index in [1.807, 2.05) is 11.4 Å². The second-order valence-corrected chi connectivity index (χ2v) is 4.52. The fourth-order valence-electron chi connectivity index (χ4n) is 1.47. The van der Waals surface area contributed by atoms with Gasteiger partial charge in [0.25, 0.3) is 0 Å². The quantitative estimate of drug-likeness (QED) is 0.317. The maximum absolute atomic E-state index is 10.5. The lowest BCUT2D eigenvalue weighted by Crippen LogP contribution is -2.21. The van der Waals surface area contributed by atoms with Crippen molar-refractivity contribution in [3.8, 4) is 0 Å². The molecule has 6 N–H and O–H groups in total. The van der Waals surface area contributed by atoms with Crippen LogP contribution in [0.4, 0.5) is 11.8 Å². The largest absolute Gasteiger partial charge is 0.370 e. The minimum Gasteiger partial charge on any atom is -0.370 e. The molecule has 102 valence electrons. The molecule has 0 saturated heterocycles. The van der Waals surface area contributed by atoms with Gasteiger partial charge < -0.3 is 15.8 Å². The molecule has 2 aromatic heterocycles. The molecule has 0 aliphatic heterocycles. The van der Waals surface area contributed by atoms with Gasteiger partial charge in [-0.2, -0.15) is 4.98 Å². The number of nitrogens with two attached hydrogens (primary N) is 2. The van der Waals surface area contributed by atoms with Crippen molar-refractivity contribution in [2.45, 2.75) is 0 Å². The molecule has 2 heterocycles. The first-order valence-corrected chi connectivity index (χ1v) is 6.40. The first-order chi connectivity index (χ1) is 9.20. The molecule has 0 saturated carbocycles. The maximum atomic E-state index is 10.5. The standard InChI is InChI=1S/C10H14N6O2S/c11-7(17)5-18-3-2-13-8-6-1-4-19-9(6)15-10(14-8)16-12/h1,4H,2-3,5,12H2,(H2,11,17)(H2,13,14,15,16). The highest BCUT2D eigenvalue weighted by molar-refractivity contribution is 7.16. The second-order valence-electron chi connectivity index (χ2n) is 3.63. The lowest BCUT2D eigenvalue weighted by molar-refractivity contribution is -0.122. The number of hydrazine groups is 1. The number of nitrogens with zero attached hydrogens (tertiary/aromatic N) is 2. The summed E-state index contributed by atoms with van der Waals surface area (Å²) in [6, 6.07) is 1.92. The Morgan fingerprint density at radius 2 is 2.32 bits per heavy atom. The van der Waals surface area contributed by atoms with Gasteiger partial charge in [0.15, 0.2) is 0 Å². The minimum atomic E-state index is -0.489. The zero-order chi connectivity index (χ0) is 13.7. The lowest BCUT2D eigenvalue weighted by atomic mass is 10.4. The summed E-state index contributed by atoms with van der Waals surface area (Å²) in [6.45, 7) is 0.762. The van der Waals surface area contributed by atoms with Crippen molar-refractivity contribution in [1.29, 1.82) is 0 Å². The lowest BCUT2D eigenvalue weighted by Gasteiger charge is -2.08. The van der Waals surface area contributed by atoms with Crippen molar-refractivity contribution in [2.75, 3.05) is 30.5 Å². The van der Waals surface area contributed by atoms with Gasteiger partial charge in [-0.15, -0.1) is 11.3 Å². The highest BCUT2D eigenvalue weighted by Gasteiger charge is 2.07. The Kier molecular flexibility index (Phi) is 4.44. The highest BCUT2D eigenvalue weighted by atomic mass is 32.1. The van der Waals surface area contributed by atoms with E-state index in [0.717, 1.165) is 10.2 Å². The minimum absolute atomic E-state index is 0.0884. The maximum Gasteiger partial charge on any atom is 0.243 e. The summed E-state index contributed by atoms with van der Waals surface area (Å²) in [6.07, 6.45) is 0. The van der Waals surface area contributed by atoms with E-state index in [2.05, 4.69) is 20.7 Å². The van der Waals surface area contributed by atoms with Crippen LogP contribution in [0.1, 0.15) is 0 Å². The first-order valence-electron chi connectivity index (χ1n) is 5.52. The van der Waals surface area contributed by atoms with Crippen LogP contribution in [0.15, 0.2) is 11.4 Å². The average molecular weight is 282 g/mol. The number of nitrogen functional groups attached to an aromatic ring is 1. The third kappa shape index (κ3) is 3.50. The number of amides is 1. The third-order valence-corrected chi connectivity index (χ3v) is 3.04. The molecule has 19 heavy (non-hydrogen) atoms. The molecular formula is C10H14N6O2S. The molecule has 0 aliphatic rings. The van der Waals surface area contributed by atoms with E-state index in [4.69, 9.17) is 16.3 Å². The van der Waals surface area contributed by atoms with Crippen LogP contribution in [0, 0.1) is 0 Å². The van der Waals surface area contributed by atoms with Crippen molar-refractivity contribution in [3.05, 3.63) is 11.4 Å². The summed E-state index contributed by atoms with van der Waals surface area (Å²) >= 11 is 1.50. The van der Waals surface area contributed by atoms with Gasteiger partial charge in [0.1, 0.15) is 17.3 Å². The van der Waals surface area contributed by atoms with Gasteiger partial charge in [-0.1, -0.05) is 0 Å². The molecule has 2 rings (SSSR count). The van der Waals surface area contributed by atoms with E-state index in [1.165, 1.54) is 11.3 Å². The Hall–Kier alpha value is -1.97. The van der Waals surface area contributed by atoms with Gasteiger partial charge >= 0.3 is 0 Å². The van der Waals surface area contributed by atoms with E-state index in [-0.39, 0.29) is 6.61 Å². The number of anilines is 2. The molecule has 0 atom stereocenters. The van der Waals surface area contributed by atoms with Crippen molar-refractivity contribution in [2.24, 2.45) is 11.6 Å². The number of fused-ring (bicyclic) bond motifs is 1. The average Bonchev–Trinajstić information content (AvgIpc) is 2.85. The van der Waals surface area contributed by atoms with Crippen LogP contribution in [0.2, 0.25) is 0 Å². The molecule has 0 radical (unpaired) electrons. The molecule has 8 nitrogen and oxygen atoms in total. The van der Waals surface area contributed by atoms with Gasteiger partial charge in [0.2, 0.25) is 11.9 Å². The third-order valence-electron chi connectivity index (χ3n) is 2.24. The Balaban J connectivity index is 1.99. The summed E-state index contributed by atoms with van der Waals surface area (Å²) in [7, 11) is 0. The molecule has 0 fully saturated rings. The Morgan fingerprint density at radius 1 is 1.47 bits per heavy atom. The summed E-state index contributed by atoms with van der Waals surface area (Å²) in [5.74, 6) is 5.84. The number of ether oxygens (including phenoxy) is 1. The molecule has 0 bridgehead atoms. The molecular weight excluding hydrogens is 268 g/mol. The summed E-state index contributed by atoms with van der Waals surface area (Å²) in [4.78, 5) is 19.8. The smallest absolute Gasteiger partial charge is 0.243 e. The molecule has 0 aromatic carbocycles. The molecule has 0 unspecified atom stereocenters. The van der Waals surface area contributed by atoms with E-state index >= 15 is 0 Å². The van der Waals surface area contributed by atoms with Crippen LogP contribution in [0.25, 0.3) is 10.2 Å². The molecule has 1 amide bonds. The van der Waals surface area contributed by atoms with Crippen molar-refractivity contribution in [1.82, 2.24) is 9.97 Å². The number of hydrogen-bond donors (Lipinski definition) is 4. The van der Waals surface area contributed by atoms with Crippen molar-refractivity contribution in [3.63, 3.8) is 0 Å². The van der Waals surface area contributed by atoms with Crippen LogP contribution >= 0.6 is 11.3 Å². The molecule has 9 heteroatoms. The highest BCUT2D eigenvalue weighted by Crippen LogP contribution is 2.25. The van der Waals surface area contributed by atoms with Crippen molar-refractivity contribution < 1.29 is 9.53 Å². The van der Waals surface area contributed by atoms with Gasteiger partial charge in [-0.3, -0.25) is 10.2 Å². The zero-order valence-corrected chi connectivity index (χ0v) is 10.9. The molecule has 0 spiro atoms. The second kappa shape index (κ2) is 6.27. The number of primary amides is 1. The van der Waals surface area contributed by atoms with Gasteiger partial charge in [0.05, 0.1) is 12.0 Å². The van der Waals surface area contributed by atoms with Gasteiger partial charge in [0, 0.05) is 6.54 Å². The fraction of sp³-hybridized carbons (Fsp3) is 0.300. The van der Waals surface area contributed by atoms with Crippen LogP contribution in [-0.2, 0) is 9.53 Å². The number of hydrogen-bond acceptors (Lipinski definition) is 8. The van der Waals surface area contributed by atoms with Crippen LogP contribution in [-0.4, -0.2) is 35.6 Å². The molecule has 2 aromatic rings. The van der Waals surface area contributed by atoms with Gasteiger partial charge in [-0.25, -0.2) is 10.8 Å².